The Bertz CT molecular complexity index is 779. The second kappa shape index (κ2) is 6.96. The maximum Gasteiger partial charge on any atom is 0.333 e. The first-order chi connectivity index (χ1) is 11.3. The highest BCUT2D eigenvalue weighted by Gasteiger charge is 2.41. The minimum atomic E-state index is -2.01. The predicted octanol–water partition coefficient (Wildman–Crippen LogP) is 2.06. The van der Waals surface area contributed by atoms with Crippen LogP contribution in [0.2, 0.25) is 0 Å². The Hall–Kier alpha value is -3.82. The SMILES string of the molecule is C=C=CC(C#N)(C(=O)O)c1ccc(C(C#N)(C=C=C)C(=O)O)cc1. The fourth-order valence-corrected chi connectivity index (χ4v) is 2.13. The van der Waals surface area contributed by atoms with Crippen molar-refractivity contribution in [2.75, 3.05) is 0 Å². The first-order valence-electron chi connectivity index (χ1n) is 6.49. The molecule has 2 unspecified atom stereocenters. The summed E-state index contributed by atoms with van der Waals surface area (Å²) < 4.78 is 0. The van der Waals surface area contributed by atoms with Gasteiger partial charge in [0, 0.05) is 0 Å². The number of benzene rings is 1. The highest BCUT2D eigenvalue weighted by atomic mass is 16.4. The summed E-state index contributed by atoms with van der Waals surface area (Å²) in [5.41, 5.74) is 0.717. The van der Waals surface area contributed by atoms with Crippen molar-refractivity contribution < 1.29 is 19.8 Å². The quantitative estimate of drug-likeness (QED) is 0.773. The van der Waals surface area contributed by atoms with E-state index >= 15 is 0 Å². The van der Waals surface area contributed by atoms with Crippen molar-refractivity contribution in [3.05, 3.63) is 72.2 Å². The average Bonchev–Trinajstić information content (AvgIpc) is 2.57. The van der Waals surface area contributed by atoms with Crippen LogP contribution in [0.4, 0.5) is 0 Å². The summed E-state index contributed by atoms with van der Waals surface area (Å²) in [5.74, 6) is -2.85. The van der Waals surface area contributed by atoms with Gasteiger partial charge in [0.2, 0.25) is 10.8 Å². The normalized spacial score (nSPS) is 14.2. The first-order valence-corrected chi connectivity index (χ1v) is 6.49. The van der Waals surface area contributed by atoms with Gasteiger partial charge in [0.1, 0.15) is 0 Å². The fourth-order valence-electron chi connectivity index (χ4n) is 2.13. The van der Waals surface area contributed by atoms with E-state index in [-0.39, 0.29) is 11.1 Å². The molecule has 0 saturated heterocycles. The summed E-state index contributed by atoms with van der Waals surface area (Å²) in [5, 5.41) is 37.3. The lowest BCUT2D eigenvalue weighted by Crippen LogP contribution is -2.33. The molecule has 0 bridgehead atoms. The Morgan fingerprint density at radius 2 is 1.17 bits per heavy atom. The molecule has 1 aromatic rings. The molecule has 0 saturated carbocycles. The Kier molecular flexibility index (Phi) is 5.29. The maximum absolute atomic E-state index is 11.5. The number of hydrogen-bond acceptors (Lipinski definition) is 4. The molecule has 0 fully saturated rings. The molecule has 6 nitrogen and oxygen atoms in total. The number of rotatable bonds is 6. The number of nitriles is 2. The third-order valence-corrected chi connectivity index (χ3v) is 3.46. The van der Waals surface area contributed by atoms with Crippen LogP contribution in [0.25, 0.3) is 0 Å². The van der Waals surface area contributed by atoms with Crippen LogP contribution in [0, 0.1) is 22.7 Å². The third kappa shape index (κ3) is 2.75. The second-order valence-electron chi connectivity index (χ2n) is 4.72. The molecule has 0 spiro atoms. The van der Waals surface area contributed by atoms with Crippen molar-refractivity contribution in [3.63, 3.8) is 0 Å². The van der Waals surface area contributed by atoms with Crippen LogP contribution in [0.5, 0.6) is 0 Å². The molecular weight excluding hydrogens is 308 g/mol. The van der Waals surface area contributed by atoms with Crippen LogP contribution in [0.3, 0.4) is 0 Å². The third-order valence-electron chi connectivity index (χ3n) is 3.46. The van der Waals surface area contributed by atoms with E-state index in [0.717, 1.165) is 12.2 Å². The van der Waals surface area contributed by atoms with Crippen LogP contribution in [0.1, 0.15) is 11.1 Å². The highest BCUT2D eigenvalue weighted by Crippen LogP contribution is 2.30. The summed E-state index contributed by atoms with van der Waals surface area (Å²) in [4.78, 5) is 23.0. The predicted molar refractivity (Wildman–Crippen MR) is 83.7 cm³/mol. The summed E-state index contributed by atoms with van der Waals surface area (Å²) in [7, 11) is 0. The van der Waals surface area contributed by atoms with Crippen molar-refractivity contribution in [3.8, 4) is 12.1 Å². The van der Waals surface area contributed by atoms with Crippen molar-refractivity contribution in [1.29, 1.82) is 10.5 Å². The van der Waals surface area contributed by atoms with Gasteiger partial charge in [-0.15, -0.1) is 11.5 Å². The van der Waals surface area contributed by atoms with Crippen molar-refractivity contribution >= 4 is 11.9 Å². The van der Waals surface area contributed by atoms with E-state index < -0.39 is 22.8 Å². The molecule has 6 heteroatoms. The molecule has 0 aliphatic rings. The van der Waals surface area contributed by atoms with Crippen LogP contribution in [-0.4, -0.2) is 22.2 Å². The first kappa shape index (κ1) is 18.2. The lowest BCUT2D eigenvalue weighted by Gasteiger charge is -2.21. The zero-order valence-corrected chi connectivity index (χ0v) is 12.5. The van der Waals surface area contributed by atoms with Gasteiger partial charge in [-0.05, 0) is 23.3 Å². The molecule has 0 aliphatic heterocycles. The standard InChI is InChI=1S/C18H12N2O4/c1-3-9-17(11-19,15(21)22)13-5-7-14(8-6-13)18(12-20,10-4-2)16(23)24/h5-10H,1-2H2,(H,21,22)(H,23,24). The van der Waals surface area contributed by atoms with Crippen molar-refractivity contribution in [1.82, 2.24) is 0 Å². The van der Waals surface area contributed by atoms with Gasteiger partial charge in [0.05, 0.1) is 12.1 Å². The number of carboxylic acids is 2. The van der Waals surface area contributed by atoms with Gasteiger partial charge < -0.3 is 10.2 Å². The van der Waals surface area contributed by atoms with Gasteiger partial charge in [0.15, 0.2) is 0 Å². The molecule has 1 rings (SSSR count). The second-order valence-corrected chi connectivity index (χ2v) is 4.72. The number of hydrogen-bond donors (Lipinski definition) is 2. The molecule has 24 heavy (non-hydrogen) atoms. The van der Waals surface area contributed by atoms with Gasteiger partial charge in [-0.25, -0.2) is 9.59 Å². The fraction of sp³-hybridized carbons (Fsp3) is 0.111. The van der Waals surface area contributed by atoms with E-state index in [2.05, 4.69) is 24.6 Å². The Morgan fingerprint density at radius 1 is 0.875 bits per heavy atom. The average molecular weight is 320 g/mol. The molecular formula is C18H12N2O4. The van der Waals surface area contributed by atoms with Crippen LogP contribution < -0.4 is 0 Å². The Balaban J connectivity index is 3.61. The van der Waals surface area contributed by atoms with E-state index in [0.29, 0.717) is 0 Å². The molecule has 2 atom stereocenters. The topological polar surface area (TPSA) is 122 Å². The Labute approximate surface area is 138 Å². The number of carboxylic acid groups (broad SMARTS) is 2. The van der Waals surface area contributed by atoms with Crippen LogP contribution in [-0.2, 0) is 20.4 Å². The zero-order chi connectivity index (χ0) is 18.4. The number of nitrogens with zero attached hydrogens (tertiary/aromatic N) is 2. The molecule has 0 aliphatic carbocycles. The molecule has 118 valence electrons. The van der Waals surface area contributed by atoms with E-state index in [1.807, 2.05) is 0 Å². The monoisotopic (exact) mass is 320 g/mol. The van der Waals surface area contributed by atoms with Crippen molar-refractivity contribution in [2.24, 2.45) is 0 Å². The van der Waals surface area contributed by atoms with Gasteiger partial charge in [-0.3, -0.25) is 0 Å². The molecule has 0 heterocycles. The van der Waals surface area contributed by atoms with E-state index in [1.165, 1.54) is 24.3 Å². The van der Waals surface area contributed by atoms with Gasteiger partial charge in [-0.1, -0.05) is 37.4 Å². The van der Waals surface area contributed by atoms with Crippen LogP contribution >= 0.6 is 0 Å². The van der Waals surface area contributed by atoms with Gasteiger partial charge >= 0.3 is 11.9 Å². The lowest BCUT2D eigenvalue weighted by atomic mass is 9.78. The molecule has 0 radical (unpaired) electrons. The Morgan fingerprint density at radius 3 is 1.33 bits per heavy atom. The zero-order valence-electron chi connectivity index (χ0n) is 12.5. The summed E-state index contributed by atoms with van der Waals surface area (Å²) >= 11 is 0. The summed E-state index contributed by atoms with van der Waals surface area (Å²) in [6, 6.07) is 8.45. The highest BCUT2D eigenvalue weighted by molar-refractivity contribution is 5.89. The largest absolute Gasteiger partial charge is 0.480 e. The maximum atomic E-state index is 11.5. The number of aliphatic carboxylic acids is 2. The number of carbonyl (C=O) groups is 2. The van der Waals surface area contributed by atoms with Crippen LogP contribution in [0.15, 0.2) is 61.0 Å². The summed E-state index contributed by atoms with van der Waals surface area (Å²) in [6.07, 6.45) is 2.01. The molecule has 0 aromatic heterocycles. The summed E-state index contributed by atoms with van der Waals surface area (Å²) in [6.45, 7) is 6.57. The minimum Gasteiger partial charge on any atom is -0.480 e. The van der Waals surface area contributed by atoms with Crippen molar-refractivity contribution in [2.45, 2.75) is 10.8 Å². The minimum absolute atomic E-state index is 0.0808. The molecule has 1 aromatic carbocycles. The van der Waals surface area contributed by atoms with E-state index in [9.17, 15) is 30.3 Å². The van der Waals surface area contributed by atoms with Gasteiger partial charge in [0.25, 0.3) is 0 Å². The molecule has 0 amide bonds. The smallest absolute Gasteiger partial charge is 0.333 e. The van der Waals surface area contributed by atoms with E-state index in [1.54, 1.807) is 12.1 Å². The molecule has 2 N–H and O–H groups in total. The lowest BCUT2D eigenvalue weighted by molar-refractivity contribution is -0.141. The van der Waals surface area contributed by atoms with E-state index in [4.69, 9.17) is 0 Å². The van der Waals surface area contributed by atoms with Gasteiger partial charge in [-0.2, -0.15) is 10.5 Å².